The number of rotatable bonds is 7. The first-order valence-corrected chi connectivity index (χ1v) is 11.4. The van der Waals surface area contributed by atoms with Crippen LogP contribution >= 0.6 is 0 Å². The Morgan fingerprint density at radius 1 is 1.14 bits per heavy atom. The lowest BCUT2D eigenvalue weighted by Gasteiger charge is -2.44. The van der Waals surface area contributed by atoms with E-state index in [4.69, 9.17) is 14.2 Å². The molecule has 0 N–H and O–H groups in total. The predicted octanol–water partition coefficient (Wildman–Crippen LogP) is 5.49. The van der Waals surface area contributed by atoms with Crippen LogP contribution < -0.4 is 0 Å². The second-order valence-corrected chi connectivity index (χ2v) is 9.49. The molecule has 1 aromatic carbocycles. The number of esters is 1. The Balaban J connectivity index is 1.64. The summed E-state index contributed by atoms with van der Waals surface area (Å²) >= 11 is 0. The van der Waals surface area contributed by atoms with Gasteiger partial charge in [-0.05, 0) is 49.0 Å². The van der Waals surface area contributed by atoms with Gasteiger partial charge in [0.05, 0.1) is 6.61 Å². The van der Waals surface area contributed by atoms with E-state index < -0.39 is 0 Å². The van der Waals surface area contributed by atoms with E-state index in [9.17, 15) is 4.79 Å². The highest BCUT2D eigenvalue weighted by molar-refractivity contribution is 5.70. The van der Waals surface area contributed by atoms with E-state index in [2.05, 4.69) is 51.1 Å². The summed E-state index contributed by atoms with van der Waals surface area (Å²) in [5.41, 5.74) is 1.30. The smallest absolute Gasteiger partial charge is 0.306 e. The van der Waals surface area contributed by atoms with Crippen LogP contribution in [0.5, 0.6) is 0 Å². The summed E-state index contributed by atoms with van der Waals surface area (Å²) in [7, 11) is 0. The Morgan fingerprint density at radius 2 is 1.90 bits per heavy atom. The molecule has 0 aromatic heterocycles. The summed E-state index contributed by atoms with van der Waals surface area (Å²) in [6.45, 7) is 10.1. The summed E-state index contributed by atoms with van der Waals surface area (Å²) in [5, 5.41) is 0. The zero-order chi connectivity index (χ0) is 20.9. The second-order valence-electron chi connectivity index (χ2n) is 9.49. The highest BCUT2D eigenvalue weighted by atomic mass is 16.7. The minimum atomic E-state index is -0.175. The summed E-state index contributed by atoms with van der Waals surface area (Å²) in [6.07, 6.45) is 5.23. The Kier molecular flexibility index (Phi) is 7.75. The molecule has 3 rings (SSSR count). The fourth-order valence-corrected chi connectivity index (χ4v) is 5.13. The van der Waals surface area contributed by atoms with Gasteiger partial charge < -0.3 is 14.2 Å². The molecule has 0 spiro atoms. The molecule has 1 saturated heterocycles. The Labute approximate surface area is 176 Å². The fraction of sp³-hybridized carbons (Fsp3) is 0.720. The molecule has 2 fully saturated rings. The van der Waals surface area contributed by atoms with Crippen LogP contribution in [0.4, 0.5) is 0 Å². The standard InChI is InChI=1S/C25H38O4/c1-5-27-24-17-19(13-14-28-24)16-23(26)29-22-15-18(2)11-12-21(22)25(3,4)20-9-7-6-8-10-20/h6-10,18-19,21-22,24H,5,11-17H2,1-4H3/t18-,19-,21-,22-,24?/m1/s1. The van der Waals surface area contributed by atoms with Crippen molar-refractivity contribution in [2.24, 2.45) is 17.8 Å². The zero-order valence-corrected chi connectivity index (χ0v) is 18.6. The van der Waals surface area contributed by atoms with Gasteiger partial charge in [0.15, 0.2) is 6.29 Å². The molecule has 0 amide bonds. The number of hydrogen-bond donors (Lipinski definition) is 0. The molecule has 1 saturated carbocycles. The summed E-state index contributed by atoms with van der Waals surface area (Å²) in [6, 6.07) is 10.7. The zero-order valence-electron chi connectivity index (χ0n) is 18.6. The van der Waals surface area contributed by atoms with Gasteiger partial charge in [-0.25, -0.2) is 0 Å². The van der Waals surface area contributed by atoms with E-state index in [1.807, 2.05) is 6.92 Å². The SMILES string of the molecule is CCOC1C[C@@H](CC(=O)O[C@@H]2C[C@H](C)CC[C@H]2C(C)(C)c2ccccc2)CCO1. The highest BCUT2D eigenvalue weighted by Crippen LogP contribution is 2.43. The van der Waals surface area contributed by atoms with Gasteiger partial charge in [-0.15, -0.1) is 0 Å². The minimum Gasteiger partial charge on any atom is -0.462 e. The molecule has 1 heterocycles. The number of carbonyl (C=O) groups excluding carboxylic acids is 1. The van der Waals surface area contributed by atoms with Gasteiger partial charge in [0, 0.05) is 25.4 Å². The van der Waals surface area contributed by atoms with E-state index in [0.29, 0.717) is 31.5 Å². The largest absolute Gasteiger partial charge is 0.462 e. The van der Waals surface area contributed by atoms with Crippen LogP contribution in [0.1, 0.15) is 71.8 Å². The van der Waals surface area contributed by atoms with Crippen molar-refractivity contribution >= 4 is 5.97 Å². The van der Waals surface area contributed by atoms with Crippen molar-refractivity contribution in [1.29, 1.82) is 0 Å². The van der Waals surface area contributed by atoms with Gasteiger partial charge in [0.1, 0.15) is 6.10 Å². The average Bonchev–Trinajstić information content (AvgIpc) is 2.69. The number of hydrogen-bond acceptors (Lipinski definition) is 4. The number of benzene rings is 1. The molecule has 1 unspecified atom stereocenters. The van der Waals surface area contributed by atoms with E-state index in [1.54, 1.807) is 0 Å². The van der Waals surface area contributed by atoms with E-state index in [0.717, 1.165) is 25.7 Å². The summed E-state index contributed by atoms with van der Waals surface area (Å²) in [5.74, 6) is 1.17. The molecule has 1 aliphatic heterocycles. The van der Waals surface area contributed by atoms with E-state index in [1.165, 1.54) is 12.0 Å². The molecule has 1 aliphatic carbocycles. The molecular weight excluding hydrogens is 364 g/mol. The summed E-state index contributed by atoms with van der Waals surface area (Å²) < 4.78 is 17.4. The normalized spacial score (nSPS) is 30.7. The lowest BCUT2D eigenvalue weighted by atomic mass is 9.64. The van der Waals surface area contributed by atoms with Gasteiger partial charge in [0.2, 0.25) is 0 Å². The van der Waals surface area contributed by atoms with Gasteiger partial charge in [0.25, 0.3) is 0 Å². The molecule has 0 radical (unpaired) electrons. The molecular formula is C25H38O4. The molecule has 5 atom stereocenters. The topological polar surface area (TPSA) is 44.8 Å². The maximum absolute atomic E-state index is 12.9. The molecule has 29 heavy (non-hydrogen) atoms. The maximum Gasteiger partial charge on any atom is 0.306 e. The third kappa shape index (κ3) is 5.82. The fourth-order valence-electron chi connectivity index (χ4n) is 5.13. The Morgan fingerprint density at radius 3 is 2.62 bits per heavy atom. The first kappa shape index (κ1) is 22.3. The Hall–Kier alpha value is -1.39. The van der Waals surface area contributed by atoms with Crippen molar-refractivity contribution in [1.82, 2.24) is 0 Å². The van der Waals surface area contributed by atoms with Crippen molar-refractivity contribution in [3.8, 4) is 0 Å². The number of carbonyl (C=O) groups is 1. The lowest BCUT2D eigenvalue weighted by molar-refractivity contribution is -0.178. The van der Waals surface area contributed by atoms with Gasteiger partial charge >= 0.3 is 5.97 Å². The first-order chi connectivity index (χ1) is 13.9. The predicted molar refractivity (Wildman–Crippen MR) is 115 cm³/mol. The molecule has 1 aromatic rings. The van der Waals surface area contributed by atoms with Crippen LogP contribution in [-0.4, -0.2) is 31.6 Å². The third-order valence-corrected chi connectivity index (χ3v) is 6.95. The third-order valence-electron chi connectivity index (χ3n) is 6.95. The highest BCUT2D eigenvalue weighted by Gasteiger charge is 2.42. The van der Waals surface area contributed by atoms with Crippen LogP contribution in [0.2, 0.25) is 0 Å². The van der Waals surface area contributed by atoms with Crippen LogP contribution in [0.3, 0.4) is 0 Å². The lowest BCUT2D eigenvalue weighted by Crippen LogP contribution is -2.43. The first-order valence-electron chi connectivity index (χ1n) is 11.4. The van der Waals surface area contributed by atoms with Crippen molar-refractivity contribution in [2.45, 2.75) is 84.0 Å². The molecule has 2 aliphatic rings. The molecule has 4 heteroatoms. The van der Waals surface area contributed by atoms with Crippen molar-refractivity contribution < 1.29 is 19.0 Å². The maximum atomic E-state index is 12.9. The molecule has 4 nitrogen and oxygen atoms in total. The minimum absolute atomic E-state index is 0.0102. The van der Waals surface area contributed by atoms with Crippen molar-refractivity contribution in [3.63, 3.8) is 0 Å². The molecule has 0 bridgehead atoms. The van der Waals surface area contributed by atoms with Gasteiger partial charge in [-0.3, -0.25) is 4.79 Å². The van der Waals surface area contributed by atoms with E-state index >= 15 is 0 Å². The van der Waals surface area contributed by atoms with Crippen molar-refractivity contribution in [2.75, 3.05) is 13.2 Å². The Bertz CT molecular complexity index is 639. The second kappa shape index (κ2) is 10.1. The summed E-state index contributed by atoms with van der Waals surface area (Å²) in [4.78, 5) is 12.9. The van der Waals surface area contributed by atoms with Crippen LogP contribution in [0.25, 0.3) is 0 Å². The van der Waals surface area contributed by atoms with Gasteiger partial charge in [-0.2, -0.15) is 0 Å². The average molecular weight is 403 g/mol. The monoisotopic (exact) mass is 402 g/mol. The van der Waals surface area contributed by atoms with E-state index in [-0.39, 0.29) is 29.7 Å². The quantitative estimate of drug-likeness (QED) is 0.566. The van der Waals surface area contributed by atoms with Crippen molar-refractivity contribution in [3.05, 3.63) is 35.9 Å². The van der Waals surface area contributed by atoms with Crippen LogP contribution in [-0.2, 0) is 24.4 Å². The number of ether oxygens (including phenoxy) is 3. The van der Waals surface area contributed by atoms with Gasteiger partial charge in [-0.1, -0.05) is 57.5 Å². The molecule has 162 valence electrons. The van der Waals surface area contributed by atoms with Crippen LogP contribution in [0.15, 0.2) is 30.3 Å². The van der Waals surface area contributed by atoms with Crippen LogP contribution in [0, 0.1) is 17.8 Å².